The molecule has 0 aromatic heterocycles. The molecule has 4 nitrogen and oxygen atoms in total. The molecule has 0 unspecified atom stereocenters. The van der Waals surface area contributed by atoms with Gasteiger partial charge in [-0.25, -0.2) is 0 Å². The van der Waals surface area contributed by atoms with Crippen LogP contribution in [0.5, 0.6) is 5.75 Å². The van der Waals surface area contributed by atoms with Gasteiger partial charge in [0.25, 0.3) is 0 Å². The Kier molecular flexibility index (Phi) is 8.94. The van der Waals surface area contributed by atoms with E-state index in [0.717, 1.165) is 37.2 Å². The first-order chi connectivity index (χ1) is 14.9. The minimum atomic E-state index is -0.488. The molecule has 2 atom stereocenters. The number of aryl methyl sites for hydroxylation is 1. The van der Waals surface area contributed by atoms with E-state index in [1.165, 1.54) is 24.8 Å². The lowest BCUT2D eigenvalue weighted by atomic mass is 9.99. The lowest BCUT2D eigenvalue weighted by Gasteiger charge is -2.30. The van der Waals surface area contributed by atoms with Crippen LogP contribution in [-0.2, 0) is 11.2 Å². The van der Waals surface area contributed by atoms with Gasteiger partial charge in [0.05, 0.1) is 11.7 Å². The molecule has 4 heteroatoms. The highest BCUT2D eigenvalue weighted by atomic mass is 16.5. The van der Waals surface area contributed by atoms with Crippen molar-refractivity contribution >= 4 is 0 Å². The molecule has 0 saturated carbocycles. The van der Waals surface area contributed by atoms with Crippen LogP contribution in [0.3, 0.4) is 0 Å². The predicted octanol–water partition coefficient (Wildman–Crippen LogP) is 5.40. The van der Waals surface area contributed by atoms with Crippen LogP contribution >= 0.6 is 0 Å². The van der Waals surface area contributed by atoms with E-state index in [0.29, 0.717) is 13.2 Å². The first kappa shape index (κ1) is 23.8. The normalized spacial score (nSPS) is 17.3. The monoisotopic (exact) mass is 425 g/mol. The summed E-state index contributed by atoms with van der Waals surface area (Å²) in [5.41, 5.74) is 2.10. The van der Waals surface area contributed by atoms with Crippen LogP contribution < -0.4 is 4.74 Å². The molecule has 0 radical (unpaired) electrons. The van der Waals surface area contributed by atoms with E-state index in [1.807, 2.05) is 24.3 Å². The van der Waals surface area contributed by atoms with Crippen molar-refractivity contribution in [1.29, 1.82) is 0 Å². The highest BCUT2D eigenvalue weighted by Crippen LogP contribution is 2.34. The Labute approximate surface area is 188 Å². The van der Waals surface area contributed by atoms with Gasteiger partial charge in [-0.2, -0.15) is 0 Å². The fourth-order valence-corrected chi connectivity index (χ4v) is 4.20. The maximum absolute atomic E-state index is 10.5. The number of para-hydroxylation sites is 1. The molecule has 1 aliphatic heterocycles. The lowest BCUT2D eigenvalue weighted by Crippen LogP contribution is -2.38. The molecule has 31 heavy (non-hydrogen) atoms. The molecule has 2 aromatic carbocycles. The molecule has 0 spiro atoms. The van der Waals surface area contributed by atoms with Crippen molar-refractivity contribution in [3.8, 4) is 5.75 Å². The molecule has 1 saturated heterocycles. The number of nitrogens with zero attached hydrogens (tertiary/aromatic N) is 1. The average Bonchev–Trinajstić information content (AvgIpc) is 2.76. The number of ether oxygens (including phenoxy) is 2. The van der Waals surface area contributed by atoms with Gasteiger partial charge in [-0.1, -0.05) is 55.0 Å². The van der Waals surface area contributed by atoms with E-state index in [4.69, 9.17) is 9.47 Å². The van der Waals surface area contributed by atoms with Gasteiger partial charge in [-0.15, -0.1) is 0 Å². The molecule has 1 N–H and O–H groups in total. The van der Waals surface area contributed by atoms with Crippen LogP contribution in [0.1, 0.15) is 63.7 Å². The van der Waals surface area contributed by atoms with Gasteiger partial charge in [-0.05, 0) is 71.2 Å². The van der Waals surface area contributed by atoms with Crippen LogP contribution in [0.25, 0.3) is 0 Å². The van der Waals surface area contributed by atoms with Crippen LogP contribution in [0.4, 0.5) is 0 Å². The Bertz CT molecular complexity index is 766. The molecule has 0 amide bonds. The Morgan fingerprint density at radius 1 is 0.935 bits per heavy atom. The van der Waals surface area contributed by atoms with Crippen molar-refractivity contribution in [2.24, 2.45) is 0 Å². The Balaban J connectivity index is 1.65. The van der Waals surface area contributed by atoms with Gasteiger partial charge in [0.2, 0.25) is 0 Å². The summed E-state index contributed by atoms with van der Waals surface area (Å²) in [4.78, 5) is 2.34. The first-order valence-electron chi connectivity index (χ1n) is 11.7. The number of aliphatic hydroxyl groups is 1. The number of hydrogen-bond acceptors (Lipinski definition) is 4. The lowest BCUT2D eigenvalue weighted by molar-refractivity contribution is -0.0661. The van der Waals surface area contributed by atoms with Crippen molar-refractivity contribution in [3.63, 3.8) is 0 Å². The summed E-state index contributed by atoms with van der Waals surface area (Å²) in [6.45, 7) is 9.41. The van der Waals surface area contributed by atoms with E-state index in [1.54, 1.807) is 0 Å². The van der Waals surface area contributed by atoms with Crippen LogP contribution in [0.2, 0.25) is 0 Å². The fraction of sp³-hybridized carbons (Fsp3) is 0.556. The predicted molar refractivity (Wildman–Crippen MR) is 127 cm³/mol. The Morgan fingerprint density at radius 2 is 1.61 bits per heavy atom. The van der Waals surface area contributed by atoms with Crippen molar-refractivity contribution < 1.29 is 14.6 Å². The fourth-order valence-electron chi connectivity index (χ4n) is 4.20. The van der Waals surface area contributed by atoms with Crippen molar-refractivity contribution in [2.45, 2.75) is 70.7 Å². The Morgan fingerprint density at radius 3 is 2.32 bits per heavy atom. The van der Waals surface area contributed by atoms with Crippen LogP contribution in [0, 0.1) is 0 Å². The van der Waals surface area contributed by atoms with Gasteiger partial charge in [0, 0.05) is 12.1 Å². The minimum absolute atomic E-state index is 0.0735. The third kappa shape index (κ3) is 8.29. The number of hydrogen-bond donors (Lipinski definition) is 1. The highest BCUT2D eigenvalue weighted by molar-refractivity contribution is 5.35. The summed E-state index contributed by atoms with van der Waals surface area (Å²) in [5.74, 6) is 0.808. The van der Waals surface area contributed by atoms with E-state index < -0.39 is 6.10 Å². The topological polar surface area (TPSA) is 41.9 Å². The van der Waals surface area contributed by atoms with Gasteiger partial charge in [0.15, 0.2) is 0 Å². The summed E-state index contributed by atoms with van der Waals surface area (Å²) in [5, 5.41) is 10.5. The number of aliphatic hydroxyl groups excluding tert-OH is 1. The number of piperidine rings is 1. The molecular weight excluding hydrogens is 386 g/mol. The largest absolute Gasteiger partial charge is 0.490 e. The molecule has 0 bridgehead atoms. The molecule has 2 aromatic rings. The molecule has 170 valence electrons. The molecule has 1 fully saturated rings. The molecule has 0 aliphatic carbocycles. The number of likely N-dealkylation sites (tertiary alicyclic amines) is 1. The SMILES string of the molecule is CC(C)(C)O[C@H](CCc1ccccc1)c1ccccc1OC[C@H](O)CN1CCCCC1. The van der Waals surface area contributed by atoms with Gasteiger partial charge < -0.3 is 19.5 Å². The van der Waals surface area contributed by atoms with E-state index >= 15 is 0 Å². The number of benzene rings is 2. The average molecular weight is 426 g/mol. The van der Waals surface area contributed by atoms with E-state index in [2.05, 4.69) is 56.0 Å². The second kappa shape index (κ2) is 11.7. The first-order valence-corrected chi connectivity index (χ1v) is 11.7. The zero-order valence-electron chi connectivity index (χ0n) is 19.4. The second-order valence-corrected chi connectivity index (χ2v) is 9.61. The second-order valence-electron chi connectivity index (χ2n) is 9.61. The summed E-state index contributed by atoms with van der Waals surface area (Å²) in [7, 11) is 0. The Hall–Kier alpha value is -1.88. The molecule has 1 heterocycles. The zero-order valence-corrected chi connectivity index (χ0v) is 19.4. The minimum Gasteiger partial charge on any atom is -0.490 e. The third-order valence-electron chi connectivity index (χ3n) is 5.65. The van der Waals surface area contributed by atoms with Crippen molar-refractivity contribution in [1.82, 2.24) is 4.90 Å². The standard InChI is InChI=1S/C27H39NO3/c1-27(2,3)31-26(17-16-22-12-6-4-7-13-22)24-14-8-9-15-25(24)30-21-23(29)20-28-18-10-5-11-19-28/h4,6-9,12-15,23,26,29H,5,10-11,16-21H2,1-3H3/t23-,26-/m1/s1. The van der Waals surface area contributed by atoms with Crippen LogP contribution in [-0.4, -0.2) is 48.0 Å². The van der Waals surface area contributed by atoms with Crippen LogP contribution in [0.15, 0.2) is 54.6 Å². The molecular formula is C27H39NO3. The zero-order chi connectivity index (χ0) is 22.1. The number of rotatable bonds is 10. The van der Waals surface area contributed by atoms with E-state index in [9.17, 15) is 5.11 Å². The van der Waals surface area contributed by atoms with Gasteiger partial charge in [-0.3, -0.25) is 0 Å². The maximum Gasteiger partial charge on any atom is 0.125 e. The van der Waals surface area contributed by atoms with Gasteiger partial charge in [0.1, 0.15) is 18.5 Å². The third-order valence-corrected chi connectivity index (χ3v) is 5.65. The quantitative estimate of drug-likeness (QED) is 0.553. The summed E-state index contributed by atoms with van der Waals surface area (Å²) in [6.07, 6.45) is 5.00. The van der Waals surface area contributed by atoms with Crippen molar-refractivity contribution in [3.05, 3.63) is 65.7 Å². The molecule has 1 aliphatic rings. The smallest absolute Gasteiger partial charge is 0.125 e. The summed E-state index contributed by atoms with van der Waals surface area (Å²) in [6, 6.07) is 18.6. The summed E-state index contributed by atoms with van der Waals surface area (Å²) < 4.78 is 12.6. The summed E-state index contributed by atoms with van der Waals surface area (Å²) >= 11 is 0. The number of β-amino-alcohol motifs (C(OH)–C–C–N with tert-alkyl or cyclic N) is 1. The molecule has 3 rings (SSSR count). The maximum atomic E-state index is 10.5. The van der Waals surface area contributed by atoms with Crippen molar-refractivity contribution in [2.75, 3.05) is 26.2 Å². The van der Waals surface area contributed by atoms with E-state index in [-0.39, 0.29) is 11.7 Å². The highest BCUT2D eigenvalue weighted by Gasteiger charge is 2.24. The van der Waals surface area contributed by atoms with Gasteiger partial charge >= 0.3 is 0 Å².